The van der Waals surface area contributed by atoms with Crippen molar-refractivity contribution in [1.29, 1.82) is 0 Å². The van der Waals surface area contributed by atoms with Crippen LogP contribution in [0.3, 0.4) is 0 Å². The molecule has 2 unspecified atom stereocenters. The van der Waals surface area contributed by atoms with Crippen molar-refractivity contribution in [2.24, 2.45) is 5.73 Å². The lowest BCUT2D eigenvalue weighted by molar-refractivity contribution is -0.142. The molecule has 2 atom stereocenters. The predicted molar refractivity (Wildman–Crippen MR) is 171 cm³/mol. The van der Waals surface area contributed by atoms with Gasteiger partial charge in [0.15, 0.2) is 0 Å². The summed E-state index contributed by atoms with van der Waals surface area (Å²) >= 11 is 0. The van der Waals surface area contributed by atoms with Crippen LogP contribution in [0.4, 0.5) is 10.5 Å². The van der Waals surface area contributed by atoms with Gasteiger partial charge in [-0.3, -0.25) is 14.4 Å². The maximum atomic E-state index is 14.2. The van der Waals surface area contributed by atoms with Gasteiger partial charge < -0.3 is 30.7 Å². The van der Waals surface area contributed by atoms with E-state index in [0.29, 0.717) is 29.0 Å². The van der Waals surface area contributed by atoms with Crippen molar-refractivity contribution in [3.05, 3.63) is 59.7 Å². The minimum Gasteiger partial charge on any atom is -0.497 e. The van der Waals surface area contributed by atoms with Gasteiger partial charge in [-0.15, -0.1) is 6.42 Å². The summed E-state index contributed by atoms with van der Waals surface area (Å²) in [5.74, 6) is 1.25. The number of anilines is 1. The van der Waals surface area contributed by atoms with E-state index in [2.05, 4.69) is 23.5 Å². The van der Waals surface area contributed by atoms with Crippen molar-refractivity contribution in [2.75, 3.05) is 19.0 Å². The van der Waals surface area contributed by atoms with E-state index in [0.717, 1.165) is 32.1 Å². The summed E-state index contributed by atoms with van der Waals surface area (Å²) in [6, 6.07) is 11.1. The first-order valence-electron chi connectivity index (χ1n) is 15.0. The molecule has 0 spiro atoms. The van der Waals surface area contributed by atoms with Gasteiger partial charge in [0.1, 0.15) is 23.4 Å². The number of carbonyl (C=O) groups is 4. The molecule has 2 aromatic carbocycles. The monoisotopic (exact) mass is 606 g/mol. The lowest BCUT2D eigenvalue weighted by Gasteiger charge is -2.34. The summed E-state index contributed by atoms with van der Waals surface area (Å²) < 4.78 is 10.6. The highest BCUT2D eigenvalue weighted by Gasteiger charge is 2.37. The number of benzene rings is 2. The normalized spacial score (nSPS) is 12.3. The fraction of sp³-hybridized carbons (Fsp3) is 0.471. The van der Waals surface area contributed by atoms with Crippen LogP contribution >= 0.6 is 0 Å². The Balaban J connectivity index is 2.53. The molecule has 4 N–H and O–H groups in total. The summed E-state index contributed by atoms with van der Waals surface area (Å²) in [4.78, 5) is 54.4. The molecule has 0 aliphatic carbocycles. The third-order valence-electron chi connectivity index (χ3n) is 6.74. The molecule has 0 aliphatic rings. The van der Waals surface area contributed by atoms with Gasteiger partial charge in [0, 0.05) is 17.8 Å². The molecule has 2 aromatic rings. The van der Waals surface area contributed by atoms with Gasteiger partial charge in [0.2, 0.25) is 11.8 Å². The number of carbonyl (C=O) groups excluding carboxylic acids is 4. The van der Waals surface area contributed by atoms with Crippen LogP contribution in [0.5, 0.6) is 5.75 Å². The van der Waals surface area contributed by atoms with Crippen molar-refractivity contribution in [1.82, 2.24) is 10.2 Å². The van der Waals surface area contributed by atoms with Crippen LogP contribution < -0.4 is 21.1 Å². The quantitative estimate of drug-likeness (QED) is 0.175. The Morgan fingerprint density at radius 2 is 1.57 bits per heavy atom. The molecule has 238 valence electrons. The average molecular weight is 607 g/mol. The molecule has 2 rings (SSSR count). The van der Waals surface area contributed by atoms with E-state index in [4.69, 9.17) is 21.6 Å². The average Bonchev–Trinajstić information content (AvgIpc) is 2.97. The number of nitrogens with zero attached hydrogens (tertiary/aromatic N) is 1. The molecule has 0 radical (unpaired) electrons. The van der Waals surface area contributed by atoms with Gasteiger partial charge in [-0.2, -0.15) is 0 Å². The highest BCUT2D eigenvalue weighted by Crippen LogP contribution is 2.27. The Labute approximate surface area is 261 Å². The summed E-state index contributed by atoms with van der Waals surface area (Å²) in [5, 5.41) is 5.40. The standard InChI is InChI=1S/C34H46N4O6/c1-7-9-10-11-12-13-22-38(32(41)28(23-29(35)39)37-33(42)44-34(3,4)5)30(25-16-14-24(8-2)15-17-25)31(40)36-26-18-20-27(43-6)21-19-26/h2,14-21,28,30H,7,9-13,22-23H2,1,3-6H3,(H2,35,39)(H,36,40)(H,37,42). The number of hydrogen-bond donors (Lipinski definition) is 3. The van der Waals surface area contributed by atoms with E-state index in [1.807, 2.05) is 0 Å². The van der Waals surface area contributed by atoms with Crippen molar-refractivity contribution in [3.8, 4) is 18.1 Å². The number of primary amides is 1. The van der Waals surface area contributed by atoms with E-state index in [1.54, 1.807) is 76.4 Å². The molecule has 0 aliphatic heterocycles. The van der Waals surface area contributed by atoms with Crippen molar-refractivity contribution < 1.29 is 28.7 Å². The Morgan fingerprint density at radius 3 is 2.11 bits per heavy atom. The molecule has 10 nitrogen and oxygen atoms in total. The van der Waals surface area contributed by atoms with E-state index in [1.165, 1.54) is 4.90 Å². The lowest BCUT2D eigenvalue weighted by Crippen LogP contribution is -2.53. The van der Waals surface area contributed by atoms with E-state index < -0.39 is 47.9 Å². The number of amides is 4. The van der Waals surface area contributed by atoms with Crippen LogP contribution in [0, 0.1) is 12.3 Å². The van der Waals surface area contributed by atoms with Gasteiger partial charge in [0.05, 0.1) is 13.5 Å². The SMILES string of the molecule is C#Cc1ccc(C(C(=O)Nc2ccc(OC)cc2)N(CCCCCCCC)C(=O)C(CC(N)=O)NC(=O)OC(C)(C)C)cc1. The first-order chi connectivity index (χ1) is 20.9. The third kappa shape index (κ3) is 12.0. The highest BCUT2D eigenvalue weighted by atomic mass is 16.6. The molecule has 10 heteroatoms. The number of rotatable bonds is 16. The van der Waals surface area contributed by atoms with Crippen LogP contribution in [0.2, 0.25) is 0 Å². The second-order valence-corrected chi connectivity index (χ2v) is 11.6. The number of unbranched alkanes of at least 4 members (excludes halogenated alkanes) is 5. The smallest absolute Gasteiger partial charge is 0.408 e. The van der Waals surface area contributed by atoms with Gasteiger partial charge in [0.25, 0.3) is 5.91 Å². The van der Waals surface area contributed by atoms with Crippen LogP contribution in [-0.2, 0) is 19.1 Å². The molecule has 4 amide bonds. The minimum absolute atomic E-state index is 0.188. The fourth-order valence-corrected chi connectivity index (χ4v) is 4.60. The number of nitrogens with two attached hydrogens (primary N) is 1. The van der Waals surface area contributed by atoms with E-state index in [9.17, 15) is 19.2 Å². The Morgan fingerprint density at radius 1 is 0.955 bits per heavy atom. The van der Waals surface area contributed by atoms with Crippen molar-refractivity contribution in [3.63, 3.8) is 0 Å². The van der Waals surface area contributed by atoms with Crippen LogP contribution in [-0.4, -0.2) is 54.0 Å². The number of alkyl carbamates (subject to hydrolysis) is 1. The Hall–Kier alpha value is -4.52. The summed E-state index contributed by atoms with van der Waals surface area (Å²) in [5.41, 5.74) is 6.26. The minimum atomic E-state index is -1.36. The summed E-state index contributed by atoms with van der Waals surface area (Å²) in [7, 11) is 1.54. The van der Waals surface area contributed by atoms with Crippen LogP contribution in [0.15, 0.2) is 48.5 Å². The lowest BCUT2D eigenvalue weighted by atomic mass is 9.99. The maximum Gasteiger partial charge on any atom is 0.408 e. The topological polar surface area (TPSA) is 140 Å². The number of ether oxygens (including phenoxy) is 2. The van der Waals surface area contributed by atoms with Gasteiger partial charge in [-0.25, -0.2) is 4.79 Å². The second-order valence-electron chi connectivity index (χ2n) is 11.6. The van der Waals surface area contributed by atoms with Crippen molar-refractivity contribution in [2.45, 2.75) is 90.3 Å². The Kier molecular flexibility index (Phi) is 14.2. The zero-order chi connectivity index (χ0) is 32.7. The number of terminal acetylenes is 1. The summed E-state index contributed by atoms with van der Waals surface area (Å²) in [6.45, 7) is 7.37. The maximum absolute atomic E-state index is 14.2. The molecule has 0 aromatic heterocycles. The fourth-order valence-electron chi connectivity index (χ4n) is 4.60. The molecular formula is C34H46N4O6. The molecule has 0 fully saturated rings. The van der Waals surface area contributed by atoms with Gasteiger partial charge in [-0.05, 0) is 69.2 Å². The third-order valence-corrected chi connectivity index (χ3v) is 6.74. The Bertz CT molecular complexity index is 1280. The second kappa shape index (κ2) is 17.6. The molecular weight excluding hydrogens is 560 g/mol. The molecule has 0 bridgehead atoms. The first-order valence-corrected chi connectivity index (χ1v) is 15.0. The van der Waals surface area contributed by atoms with Gasteiger partial charge >= 0.3 is 6.09 Å². The highest BCUT2D eigenvalue weighted by molar-refractivity contribution is 5.99. The zero-order valence-corrected chi connectivity index (χ0v) is 26.5. The number of hydrogen-bond acceptors (Lipinski definition) is 6. The van der Waals surface area contributed by atoms with Crippen molar-refractivity contribution >= 4 is 29.5 Å². The van der Waals surface area contributed by atoms with Gasteiger partial charge in [-0.1, -0.05) is 57.1 Å². The number of nitrogens with one attached hydrogen (secondary N) is 2. The zero-order valence-electron chi connectivity index (χ0n) is 26.5. The van der Waals surface area contributed by atoms with E-state index in [-0.39, 0.29) is 6.54 Å². The number of methoxy groups -OCH3 is 1. The van der Waals surface area contributed by atoms with E-state index >= 15 is 0 Å². The van der Waals surface area contributed by atoms with Crippen LogP contribution in [0.25, 0.3) is 0 Å². The molecule has 0 saturated heterocycles. The summed E-state index contributed by atoms with van der Waals surface area (Å²) in [6.07, 6.45) is 9.86. The van der Waals surface area contributed by atoms with Crippen LogP contribution in [0.1, 0.15) is 89.8 Å². The first kappa shape index (κ1) is 35.7. The largest absolute Gasteiger partial charge is 0.497 e. The molecule has 0 heterocycles. The predicted octanol–water partition coefficient (Wildman–Crippen LogP) is 5.31. The molecule has 44 heavy (non-hydrogen) atoms. The molecule has 0 saturated carbocycles.